The Kier molecular flexibility index (Phi) is 4.15. The van der Waals surface area contributed by atoms with Crippen molar-refractivity contribution in [2.45, 2.75) is 13.8 Å². The highest BCUT2D eigenvalue weighted by Gasteiger charge is 2.15. The van der Waals surface area contributed by atoms with Crippen molar-refractivity contribution in [3.05, 3.63) is 48.5 Å². The number of benzene rings is 2. The molecule has 4 nitrogen and oxygen atoms in total. The summed E-state index contributed by atoms with van der Waals surface area (Å²) in [6, 6.07) is 14.3. The van der Waals surface area contributed by atoms with Gasteiger partial charge in [0.1, 0.15) is 11.5 Å². The Labute approximate surface area is 116 Å². The monoisotopic (exact) mass is 270 g/mol. The van der Waals surface area contributed by atoms with Crippen molar-refractivity contribution in [2.24, 2.45) is 0 Å². The van der Waals surface area contributed by atoms with E-state index in [1.54, 1.807) is 18.2 Å². The lowest BCUT2D eigenvalue weighted by Crippen LogP contribution is -2.06. The van der Waals surface area contributed by atoms with Gasteiger partial charge in [0, 0.05) is 13.8 Å². The predicted molar refractivity (Wildman–Crippen MR) is 74.5 cm³/mol. The number of hydrogen-bond acceptors (Lipinski definition) is 4. The standard InChI is InChI=1S/C16H14O4/c1-11(17)19-14-9-6-10-15(20-12(2)18)16(14)13-7-4-3-5-8-13/h3-10H,1-2H3. The van der Waals surface area contributed by atoms with Crippen molar-refractivity contribution in [3.63, 3.8) is 0 Å². The van der Waals surface area contributed by atoms with Crippen LogP contribution in [-0.4, -0.2) is 11.9 Å². The van der Waals surface area contributed by atoms with Crippen LogP contribution in [0.2, 0.25) is 0 Å². The van der Waals surface area contributed by atoms with E-state index in [0.717, 1.165) is 5.56 Å². The van der Waals surface area contributed by atoms with Crippen LogP contribution < -0.4 is 9.47 Å². The van der Waals surface area contributed by atoms with E-state index >= 15 is 0 Å². The van der Waals surface area contributed by atoms with Gasteiger partial charge in [0.2, 0.25) is 0 Å². The molecule has 0 bridgehead atoms. The lowest BCUT2D eigenvalue weighted by Gasteiger charge is -2.13. The second-order valence-corrected chi connectivity index (χ2v) is 4.18. The molecule has 0 unspecified atom stereocenters. The minimum Gasteiger partial charge on any atom is -0.426 e. The topological polar surface area (TPSA) is 52.6 Å². The molecule has 0 N–H and O–H groups in total. The summed E-state index contributed by atoms with van der Waals surface area (Å²) >= 11 is 0. The van der Waals surface area contributed by atoms with Crippen molar-refractivity contribution in [3.8, 4) is 22.6 Å². The first kappa shape index (κ1) is 13.8. The predicted octanol–water partition coefficient (Wildman–Crippen LogP) is 3.20. The fourth-order valence-electron chi connectivity index (χ4n) is 1.88. The average Bonchev–Trinajstić information content (AvgIpc) is 2.38. The molecule has 0 radical (unpaired) electrons. The van der Waals surface area contributed by atoms with Crippen LogP contribution in [0.4, 0.5) is 0 Å². The molecular formula is C16H14O4. The van der Waals surface area contributed by atoms with Gasteiger partial charge in [-0.2, -0.15) is 0 Å². The SMILES string of the molecule is CC(=O)Oc1cccc(OC(C)=O)c1-c1ccccc1. The second kappa shape index (κ2) is 6.02. The minimum absolute atomic E-state index is 0.363. The Morgan fingerprint density at radius 3 is 1.70 bits per heavy atom. The minimum atomic E-state index is -0.429. The van der Waals surface area contributed by atoms with E-state index in [4.69, 9.17) is 9.47 Å². The van der Waals surface area contributed by atoms with Crippen molar-refractivity contribution in [1.29, 1.82) is 0 Å². The van der Waals surface area contributed by atoms with Gasteiger partial charge >= 0.3 is 11.9 Å². The molecule has 0 amide bonds. The molecule has 0 spiro atoms. The summed E-state index contributed by atoms with van der Waals surface area (Å²) in [4.78, 5) is 22.4. The van der Waals surface area contributed by atoms with Crippen LogP contribution >= 0.6 is 0 Å². The van der Waals surface area contributed by atoms with Crippen LogP contribution in [0.3, 0.4) is 0 Å². The number of rotatable bonds is 3. The number of hydrogen-bond donors (Lipinski definition) is 0. The van der Waals surface area contributed by atoms with Gasteiger partial charge in [0.05, 0.1) is 5.56 Å². The Bertz CT molecular complexity index is 598. The molecule has 2 aromatic carbocycles. The number of esters is 2. The van der Waals surface area contributed by atoms with E-state index in [1.807, 2.05) is 30.3 Å². The molecule has 0 aromatic heterocycles. The first-order valence-corrected chi connectivity index (χ1v) is 6.13. The van der Waals surface area contributed by atoms with Gasteiger partial charge in [-0.25, -0.2) is 0 Å². The summed E-state index contributed by atoms with van der Waals surface area (Å²) in [6.07, 6.45) is 0. The van der Waals surface area contributed by atoms with Crippen molar-refractivity contribution in [1.82, 2.24) is 0 Å². The average molecular weight is 270 g/mol. The molecule has 0 fully saturated rings. The molecule has 2 rings (SSSR count). The smallest absolute Gasteiger partial charge is 0.308 e. The molecule has 4 heteroatoms. The molecule has 0 aliphatic heterocycles. The van der Waals surface area contributed by atoms with E-state index in [9.17, 15) is 9.59 Å². The van der Waals surface area contributed by atoms with E-state index in [1.165, 1.54) is 13.8 Å². The molecule has 0 heterocycles. The molecule has 2 aromatic rings. The van der Waals surface area contributed by atoms with Gasteiger partial charge < -0.3 is 9.47 Å². The molecule has 0 aliphatic rings. The van der Waals surface area contributed by atoms with E-state index in [0.29, 0.717) is 17.1 Å². The van der Waals surface area contributed by atoms with Crippen molar-refractivity contribution < 1.29 is 19.1 Å². The molecule has 0 aliphatic carbocycles. The van der Waals surface area contributed by atoms with Gasteiger partial charge in [0.15, 0.2) is 0 Å². The zero-order valence-corrected chi connectivity index (χ0v) is 11.3. The van der Waals surface area contributed by atoms with Crippen LogP contribution in [0.25, 0.3) is 11.1 Å². The molecule has 102 valence electrons. The molecular weight excluding hydrogens is 256 g/mol. The van der Waals surface area contributed by atoms with E-state index in [-0.39, 0.29) is 0 Å². The van der Waals surface area contributed by atoms with Crippen LogP contribution in [0.5, 0.6) is 11.5 Å². The van der Waals surface area contributed by atoms with Gasteiger partial charge in [0.25, 0.3) is 0 Å². The van der Waals surface area contributed by atoms with Gasteiger partial charge in [-0.1, -0.05) is 36.4 Å². The third-order valence-electron chi connectivity index (χ3n) is 2.56. The zero-order valence-electron chi connectivity index (χ0n) is 11.3. The lowest BCUT2D eigenvalue weighted by atomic mass is 10.0. The number of ether oxygens (including phenoxy) is 2. The highest BCUT2D eigenvalue weighted by molar-refractivity contribution is 5.83. The maximum Gasteiger partial charge on any atom is 0.308 e. The molecule has 20 heavy (non-hydrogen) atoms. The van der Waals surface area contributed by atoms with Gasteiger partial charge in [-0.05, 0) is 17.7 Å². The Morgan fingerprint density at radius 2 is 1.25 bits per heavy atom. The van der Waals surface area contributed by atoms with E-state index in [2.05, 4.69) is 0 Å². The van der Waals surface area contributed by atoms with Crippen LogP contribution in [0.1, 0.15) is 13.8 Å². The summed E-state index contributed by atoms with van der Waals surface area (Å²) < 4.78 is 10.4. The fourth-order valence-corrected chi connectivity index (χ4v) is 1.88. The maximum atomic E-state index is 11.2. The fraction of sp³-hybridized carbons (Fsp3) is 0.125. The summed E-state index contributed by atoms with van der Waals surface area (Å²) in [5.41, 5.74) is 1.39. The van der Waals surface area contributed by atoms with Crippen LogP contribution in [-0.2, 0) is 9.59 Å². The summed E-state index contributed by atoms with van der Waals surface area (Å²) in [5.74, 6) is -0.130. The number of carbonyl (C=O) groups excluding carboxylic acids is 2. The maximum absolute atomic E-state index is 11.2. The quantitative estimate of drug-likeness (QED) is 0.635. The van der Waals surface area contributed by atoms with Gasteiger partial charge in [-0.3, -0.25) is 9.59 Å². The summed E-state index contributed by atoms with van der Waals surface area (Å²) in [7, 11) is 0. The molecule has 0 saturated heterocycles. The lowest BCUT2D eigenvalue weighted by molar-refractivity contribution is -0.132. The van der Waals surface area contributed by atoms with Gasteiger partial charge in [-0.15, -0.1) is 0 Å². The molecule has 0 saturated carbocycles. The normalized spacial score (nSPS) is 9.90. The molecule has 0 atom stereocenters. The van der Waals surface area contributed by atoms with Crippen molar-refractivity contribution >= 4 is 11.9 Å². The zero-order chi connectivity index (χ0) is 14.5. The highest BCUT2D eigenvalue weighted by atomic mass is 16.5. The van der Waals surface area contributed by atoms with Crippen molar-refractivity contribution in [2.75, 3.05) is 0 Å². The third-order valence-corrected chi connectivity index (χ3v) is 2.56. The summed E-state index contributed by atoms with van der Waals surface area (Å²) in [5, 5.41) is 0. The van der Waals surface area contributed by atoms with E-state index < -0.39 is 11.9 Å². The Morgan fingerprint density at radius 1 is 0.750 bits per heavy atom. The summed E-state index contributed by atoms with van der Waals surface area (Å²) in [6.45, 7) is 2.65. The van der Waals surface area contributed by atoms with Crippen LogP contribution in [0.15, 0.2) is 48.5 Å². The Hall–Kier alpha value is -2.62. The Balaban J connectivity index is 2.58. The third kappa shape index (κ3) is 3.23. The highest BCUT2D eigenvalue weighted by Crippen LogP contribution is 2.38. The number of carbonyl (C=O) groups is 2. The second-order valence-electron chi connectivity index (χ2n) is 4.18. The largest absolute Gasteiger partial charge is 0.426 e. The first-order chi connectivity index (χ1) is 9.58. The van der Waals surface area contributed by atoms with Crippen LogP contribution in [0, 0.1) is 0 Å². The first-order valence-electron chi connectivity index (χ1n) is 6.13.